The highest BCUT2D eigenvalue weighted by Crippen LogP contribution is 2.35. The maximum Gasteiger partial charge on any atom is 0.275 e. The van der Waals surface area contributed by atoms with E-state index in [9.17, 15) is 14.7 Å². The number of rotatable bonds is 3. The Bertz CT molecular complexity index is 1180. The van der Waals surface area contributed by atoms with Gasteiger partial charge in [0.15, 0.2) is 5.82 Å². The molecule has 0 aliphatic heterocycles. The number of phenols is 1. The summed E-state index contributed by atoms with van der Waals surface area (Å²) in [6.07, 6.45) is 2.17. The SMILES string of the molecule is Cc1nn(-c2ccccn2)c2c1C(=O)C(=NNC(=O)c1ccccc1O)C(C)(C)C2. The van der Waals surface area contributed by atoms with Crippen LogP contribution >= 0.6 is 0 Å². The van der Waals surface area contributed by atoms with Gasteiger partial charge in [0, 0.05) is 18.0 Å². The molecule has 2 heterocycles. The maximum absolute atomic E-state index is 13.3. The molecule has 0 atom stereocenters. The van der Waals surface area contributed by atoms with Gasteiger partial charge in [-0.2, -0.15) is 10.2 Å². The number of phenolic OH excluding ortho intramolecular Hbond substituents is 1. The number of carbonyl (C=O) groups is 2. The monoisotopic (exact) mass is 403 g/mol. The number of nitrogens with one attached hydrogen (secondary N) is 1. The number of aromatic nitrogens is 3. The number of pyridine rings is 1. The molecule has 0 spiro atoms. The van der Waals surface area contributed by atoms with Crippen LogP contribution in [0.3, 0.4) is 0 Å². The molecule has 0 fully saturated rings. The minimum atomic E-state index is -0.644. The van der Waals surface area contributed by atoms with Gasteiger partial charge in [-0.05, 0) is 31.2 Å². The predicted molar refractivity (Wildman–Crippen MR) is 111 cm³/mol. The number of hydrogen-bond donors (Lipinski definition) is 2. The van der Waals surface area contributed by atoms with E-state index in [0.29, 0.717) is 23.5 Å². The molecule has 3 aromatic rings. The number of aromatic hydroxyl groups is 1. The summed E-state index contributed by atoms with van der Waals surface area (Å²) in [5.74, 6) is -0.382. The van der Waals surface area contributed by atoms with Crippen LogP contribution in [0, 0.1) is 12.3 Å². The Morgan fingerprint density at radius 1 is 1.20 bits per heavy atom. The second-order valence-electron chi connectivity index (χ2n) is 7.82. The highest BCUT2D eigenvalue weighted by atomic mass is 16.3. The van der Waals surface area contributed by atoms with Crippen LogP contribution in [-0.4, -0.2) is 37.3 Å². The second-order valence-corrected chi connectivity index (χ2v) is 7.82. The number of carbonyl (C=O) groups excluding carboxylic acids is 2. The van der Waals surface area contributed by atoms with Crippen molar-refractivity contribution < 1.29 is 14.7 Å². The van der Waals surface area contributed by atoms with Crippen molar-refractivity contribution in [2.24, 2.45) is 10.5 Å². The fourth-order valence-electron chi connectivity index (χ4n) is 3.66. The lowest BCUT2D eigenvalue weighted by Gasteiger charge is -2.30. The minimum absolute atomic E-state index is 0.0859. The Balaban J connectivity index is 1.71. The first-order valence-electron chi connectivity index (χ1n) is 9.50. The fourth-order valence-corrected chi connectivity index (χ4v) is 3.66. The highest BCUT2D eigenvalue weighted by Gasteiger charge is 2.42. The molecule has 1 aromatic carbocycles. The first-order chi connectivity index (χ1) is 14.3. The molecule has 0 saturated heterocycles. The lowest BCUT2D eigenvalue weighted by molar-refractivity contribution is 0.0951. The molecule has 1 amide bonds. The molecular formula is C22H21N5O3. The topological polar surface area (TPSA) is 109 Å². The van der Waals surface area contributed by atoms with E-state index in [-0.39, 0.29) is 22.8 Å². The average molecular weight is 403 g/mol. The van der Waals surface area contributed by atoms with E-state index >= 15 is 0 Å². The van der Waals surface area contributed by atoms with Crippen LogP contribution in [0.4, 0.5) is 0 Å². The molecule has 152 valence electrons. The van der Waals surface area contributed by atoms with Crippen molar-refractivity contribution >= 4 is 17.4 Å². The minimum Gasteiger partial charge on any atom is -0.507 e. The van der Waals surface area contributed by atoms with Crippen molar-refractivity contribution in [2.45, 2.75) is 27.2 Å². The van der Waals surface area contributed by atoms with E-state index in [1.165, 1.54) is 12.1 Å². The Morgan fingerprint density at radius 2 is 1.93 bits per heavy atom. The van der Waals surface area contributed by atoms with E-state index in [0.717, 1.165) is 5.69 Å². The van der Waals surface area contributed by atoms with Crippen LogP contribution in [0.5, 0.6) is 5.75 Å². The third-order valence-corrected chi connectivity index (χ3v) is 5.13. The summed E-state index contributed by atoms with van der Waals surface area (Å²) in [5, 5.41) is 18.5. The maximum atomic E-state index is 13.3. The zero-order valence-electron chi connectivity index (χ0n) is 16.9. The molecular weight excluding hydrogens is 382 g/mol. The second kappa shape index (κ2) is 7.22. The van der Waals surface area contributed by atoms with Gasteiger partial charge in [0.1, 0.15) is 11.5 Å². The number of nitrogens with zero attached hydrogens (tertiary/aromatic N) is 4. The average Bonchev–Trinajstić information content (AvgIpc) is 3.03. The van der Waals surface area contributed by atoms with Crippen LogP contribution in [-0.2, 0) is 6.42 Å². The van der Waals surface area contributed by atoms with Gasteiger partial charge < -0.3 is 5.11 Å². The number of fused-ring (bicyclic) bond motifs is 1. The van der Waals surface area contributed by atoms with Crippen LogP contribution in [0.15, 0.2) is 53.8 Å². The molecule has 8 heteroatoms. The summed E-state index contributed by atoms with van der Waals surface area (Å²) >= 11 is 0. The standard InChI is InChI=1S/C22H21N5O3/c1-13-18-15(27(26-13)17-10-6-7-11-23-17)12-22(2,3)20(19(18)29)24-25-21(30)14-8-4-5-9-16(14)28/h4-11,28H,12H2,1-3H3,(H,25,30). The van der Waals surface area contributed by atoms with Gasteiger partial charge in [-0.25, -0.2) is 15.1 Å². The molecule has 8 nitrogen and oxygen atoms in total. The largest absolute Gasteiger partial charge is 0.507 e. The number of hydrazone groups is 1. The molecule has 2 aromatic heterocycles. The van der Waals surface area contributed by atoms with E-state index in [1.807, 2.05) is 32.0 Å². The summed E-state index contributed by atoms with van der Waals surface area (Å²) in [6, 6.07) is 11.7. The first kappa shape index (κ1) is 19.5. The van der Waals surface area contributed by atoms with E-state index in [4.69, 9.17) is 0 Å². The van der Waals surface area contributed by atoms with Crippen molar-refractivity contribution in [1.29, 1.82) is 0 Å². The van der Waals surface area contributed by atoms with Gasteiger partial charge in [-0.15, -0.1) is 0 Å². The van der Waals surface area contributed by atoms with Crippen LogP contribution < -0.4 is 5.43 Å². The van der Waals surface area contributed by atoms with Crippen molar-refractivity contribution in [1.82, 2.24) is 20.2 Å². The van der Waals surface area contributed by atoms with Crippen molar-refractivity contribution in [3.63, 3.8) is 0 Å². The number of amides is 1. The van der Waals surface area contributed by atoms with Crippen LogP contribution in [0.25, 0.3) is 5.82 Å². The summed E-state index contributed by atoms with van der Waals surface area (Å²) in [7, 11) is 0. The Kier molecular flexibility index (Phi) is 4.69. The number of Topliss-reactive ketones (excluding diaryl/α,β-unsaturated/α-hetero) is 1. The van der Waals surface area contributed by atoms with Crippen LogP contribution in [0.1, 0.15) is 46.0 Å². The van der Waals surface area contributed by atoms with Crippen molar-refractivity contribution in [3.05, 3.63) is 71.2 Å². The lowest BCUT2D eigenvalue weighted by Crippen LogP contribution is -2.41. The molecule has 0 unspecified atom stereocenters. The van der Waals surface area contributed by atoms with E-state index < -0.39 is 11.3 Å². The molecule has 30 heavy (non-hydrogen) atoms. The number of benzene rings is 1. The van der Waals surface area contributed by atoms with Crippen molar-refractivity contribution in [3.8, 4) is 11.6 Å². The van der Waals surface area contributed by atoms with E-state index in [1.54, 1.807) is 29.9 Å². The molecule has 0 radical (unpaired) electrons. The lowest BCUT2D eigenvalue weighted by atomic mass is 9.74. The normalized spacial score (nSPS) is 16.4. The van der Waals surface area contributed by atoms with Gasteiger partial charge in [0.2, 0.25) is 5.78 Å². The molecule has 1 aliphatic carbocycles. The zero-order chi connectivity index (χ0) is 21.5. The molecule has 1 aliphatic rings. The third kappa shape index (κ3) is 3.26. The highest BCUT2D eigenvalue weighted by molar-refractivity contribution is 6.49. The number of ketones is 1. The smallest absolute Gasteiger partial charge is 0.275 e. The van der Waals surface area contributed by atoms with Gasteiger partial charge in [0.05, 0.1) is 22.5 Å². The van der Waals surface area contributed by atoms with Gasteiger partial charge in [0.25, 0.3) is 5.91 Å². The third-order valence-electron chi connectivity index (χ3n) is 5.13. The van der Waals surface area contributed by atoms with Gasteiger partial charge in [-0.3, -0.25) is 9.59 Å². The van der Waals surface area contributed by atoms with Crippen LogP contribution in [0.2, 0.25) is 0 Å². The molecule has 4 rings (SSSR count). The summed E-state index contributed by atoms with van der Waals surface area (Å²) < 4.78 is 1.70. The molecule has 0 saturated carbocycles. The Hall–Kier alpha value is -3.81. The molecule has 0 bridgehead atoms. The van der Waals surface area contributed by atoms with Gasteiger partial charge in [-0.1, -0.05) is 32.0 Å². The summed E-state index contributed by atoms with van der Waals surface area (Å²) in [4.78, 5) is 30.1. The Morgan fingerprint density at radius 3 is 2.63 bits per heavy atom. The van der Waals surface area contributed by atoms with E-state index in [2.05, 4.69) is 20.6 Å². The fraction of sp³-hybridized carbons (Fsp3) is 0.227. The van der Waals surface area contributed by atoms with Crippen molar-refractivity contribution in [2.75, 3.05) is 0 Å². The number of hydrogen-bond acceptors (Lipinski definition) is 6. The first-order valence-corrected chi connectivity index (χ1v) is 9.50. The Labute approximate surface area is 173 Å². The predicted octanol–water partition coefficient (Wildman–Crippen LogP) is 2.83. The van der Waals surface area contributed by atoms with Gasteiger partial charge >= 0.3 is 0 Å². The summed E-state index contributed by atoms with van der Waals surface area (Å²) in [5.41, 5.74) is 3.93. The number of aryl methyl sites for hydroxylation is 1. The summed E-state index contributed by atoms with van der Waals surface area (Å²) in [6.45, 7) is 5.56. The molecule has 2 N–H and O–H groups in total. The quantitative estimate of drug-likeness (QED) is 0.654. The zero-order valence-corrected chi connectivity index (χ0v) is 16.9. The number of para-hydroxylation sites is 1.